The van der Waals surface area contributed by atoms with E-state index in [2.05, 4.69) is 16.0 Å². The SMILES string of the molecule is CCC(C)C(N)C(=O)NC(CO)C(=O)NC(C)C(=O)NC(C(=O)O)C(C)CC. The highest BCUT2D eigenvalue weighted by Gasteiger charge is 2.30. The van der Waals surface area contributed by atoms with Crippen molar-refractivity contribution < 1.29 is 29.4 Å². The number of carboxylic acid groups (broad SMARTS) is 1. The Kier molecular flexibility index (Phi) is 11.3. The number of nitrogens with one attached hydrogen (secondary N) is 3. The molecule has 6 unspecified atom stereocenters. The monoisotopic (exact) mass is 402 g/mol. The second-order valence-electron chi connectivity index (χ2n) is 7.10. The fraction of sp³-hybridized carbons (Fsp3) is 0.778. The van der Waals surface area contributed by atoms with Crippen LogP contribution in [0.15, 0.2) is 0 Å². The van der Waals surface area contributed by atoms with Crippen molar-refractivity contribution in [3.63, 3.8) is 0 Å². The molecular weight excluding hydrogens is 368 g/mol. The van der Waals surface area contributed by atoms with E-state index in [-0.39, 0.29) is 11.8 Å². The van der Waals surface area contributed by atoms with Crippen molar-refractivity contribution in [3.05, 3.63) is 0 Å². The molecule has 0 fully saturated rings. The topological polar surface area (TPSA) is 171 Å². The van der Waals surface area contributed by atoms with E-state index in [9.17, 15) is 29.4 Å². The molecule has 162 valence electrons. The Morgan fingerprint density at radius 3 is 1.82 bits per heavy atom. The molecule has 10 heteroatoms. The zero-order valence-corrected chi connectivity index (χ0v) is 17.2. The lowest BCUT2D eigenvalue weighted by atomic mass is 9.99. The zero-order valence-electron chi connectivity index (χ0n) is 17.2. The minimum atomic E-state index is -1.28. The number of aliphatic hydroxyl groups excluding tert-OH is 1. The highest BCUT2D eigenvalue weighted by Crippen LogP contribution is 2.08. The molecule has 0 aromatic heterocycles. The van der Waals surface area contributed by atoms with Crippen molar-refractivity contribution in [2.75, 3.05) is 6.61 Å². The van der Waals surface area contributed by atoms with Gasteiger partial charge in [0.2, 0.25) is 17.7 Å². The van der Waals surface area contributed by atoms with Gasteiger partial charge in [-0.1, -0.05) is 40.5 Å². The van der Waals surface area contributed by atoms with E-state index < -0.39 is 54.5 Å². The first kappa shape index (κ1) is 25.8. The Bertz CT molecular complexity index is 556. The molecule has 10 nitrogen and oxygen atoms in total. The number of carboxylic acids is 1. The first-order valence-electron chi connectivity index (χ1n) is 9.50. The summed E-state index contributed by atoms with van der Waals surface area (Å²) in [6.07, 6.45) is 1.22. The van der Waals surface area contributed by atoms with Gasteiger partial charge < -0.3 is 31.9 Å². The predicted molar refractivity (Wildman–Crippen MR) is 103 cm³/mol. The average molecular weight is 402 g/mol. The van der Waals surface area contributed by atoms with Crippen molar-refractivity contribution in [2.45, 2.75) is 71.6 Å². The number of aliphatic hydroxyl groups is 1. The van der Waals surface area contributed by atoms with Crippen LogP contribution in [0.4, 0.5) is 0 Å². The van der Waals surface area contributed by atoms with Gasteiger partial charge in [-0.25, -0.2) is 4.79 Å². The van der Waals surface area contributed by atoms with E-state index in [0.717, 1.165) is 0 Å². The Hall–Kier alpha value is -2.20. The third-order valence-corrected chi connectivity index (χ3v) is 4.90. The molecule has 0 bridgehead atoms. The van der Waals surface area contributed by atoms with E-state index >= 15 is 0 Å². The first-order valence-corrected chi connectivity index (χ1v) is 9.50. The third kappa shape index (κ3) is 7.81. The van der Waals surface area contributed by atoms with Gasteiger partial charge in [0.05, 0.1) is 12.6 Å². The molecule has 7 N–H and O–H groups in total. The van der Waals surface area contributed by atoms with Crippen LogP contribution in [0.1, 0.15) is 47.5 Å². The van der Waals surface area contributed by atoms with Crippen LogP contribution in [0, 0.1) is 11.8 Å². The summed E-state index contributed by atoms with van der Waals surface area (Å²) in [5, 5.41) is 25.7. The molecule has 0 spiro atoms. The summed E-state index contributed by atoms with van der Waals surface area (Å²) in [5.74, 6) is -3.61. The molecule has 6 atom stereocenters. The Morgan fingerprint density at radius 1 is 0.857 bits per heavy atom. The first-order chi connectivity index (χ1) is 13.0. The number of carbonyl (C=O) groups is 4. The number of rotatable bonds is 12. The standard InChI is InChI=1S/C18H34N4O6/c1-6-9(3)13(19)17(26)21-12(8-23)16(25)20-11(5)15(24)22-14(18(27)28)10(4)7-2/h9-14,23H,6-8,19H2,1-5H3,(H,20,25)(H,21,26)(H,22,24)(H,27,28). The molecule has 0 radical (unpaired) electrons. The number of carbonyl (C=O) groups excluding carboxylic acids is 3. The summed E-state index contributed by atoms with van der Waals surface area (Å²) in [7, 11) is 0. The Labute approximate surface area is 165 Å². The lowest BCUT2D eigenvalue weighted by molar-refractivity contribution is -0.143. The van der Waals surface area contributed by atoms with Gasteiger partial charge in [-0.2, -0.15) is 0 Å². The van der Waals surface area contributed by atoms with Crippen LogP contribution in [0.25, 0.3) is 0 Å². The van der Waals surface area contributed by atoms with Crippen LogP contribution in [0.2, 0.25) is 0 Å². The molecule has 3 amide bonds. The van der Waals surface area contributed by atoms with E-state index in [0.29, 0.717) is 12.8 Å². The number of aliphatic carboxylic acids is 1. The fourth-order valence-corrected chi connectivity index (χ4v) is 2.32. The summed E-state index contributed by atoms with van der Waals surface area (Å²) >= 11 is 0. The van der Waals surface area contributed by atoms with Crippen molar-refractivity contribution in [1.82, 2.24) is 16.0 Å². The molecule has 0 aromatic carbocycles. The van der Waals surface area contributed by atoms with Crippen molar-refractivity contribution in [2.24, 2.45) is 17.6 Å². The molecular formula is C18H34N4O6. The predicted octanol–water partition coefficient (Wildman–Crippen LogP) is -1.04. The number of hydrogen-bond acceptors (Lipinski definition) is 6. The van der Waals surface area contributed by atoms with Gasteiger partial charge in [0.25, 0.3) is 0 Å². The molecule has 0 aromatic rings. The van der Waals surface area contributed by atoms with E-state index in [4.69, 9.17) is 5.73 Å². The fourth-order valence-electron chi connectivity index (χ4n) is 2.32. The molecule has 0 saturated carbocycles. The van der Waals surface area contributed by atoms with Crippen LogP contribution >= 0.6 is 0 Å². The average Bonchev–Trinajstić information content (AvgIpc) is 2.67. The van der Waals surface area contributed by atoms with E-state index in [1.165, 1.54) is 6.92 Å². The zero-order chi connectivity index (χ0) is 22.0. The van der Waals surface area contributed by atoms with Gasteiger partial charge in [0.1, 0.15) is 18.1 Å². The van der Waals surface area contributed by atoms with Gasteiger partial charge in [-0.15, -0.1) is 0 Å². The summed E-state index contributed by atoms with van der Waals surface area (Å²) < 4.78 is 0. The summed E-state index contributed by atoms with van der Waals surface area (Å²) in [6, 6.07) is -4.26. The maximum atomic E-state index is 12.3. The van der Waals surface area contributed by atoms with Crippen LogP contribution in [0.5, 0.6) is 0 Å². The van der Waals surface area contributed by atoms with Gasteiger partial charge in [-0.05, 0) is 18.8 Å². The quantitative estimate of drug-likeness (QED) is 0.242. The van der Waals surface area contributed by atoms with Crippen LogP contribution in [-0.2, 0) is 19.2 Å². The minimum absolute atomic E-state index is 0.111. The number of amides is 3. The molecule has 0 aliphatic heterocycles. The summed E-state index contributed by atoms with van der Waals surface area (Å²) in [4.78, 5) is 47.9. The van der Waals surface area contributed by atoms with Crippen molar-refractivity contribution >= 4 is 23.7 Å². The molecule has 0 rings (SSSR count). The maximum Gasteiger partial charge on any atom is 0.326 e. The summed E-state index contributed by atoms with van der Waals surface area (Å²) in [6.45, 7) is 7.86. The highest BCUT2D eigenvalue weighted by molar-refractivity contribution is 5.94. The molecule has 0 heterocycles. The van der Waals surface area contributed by atoms with Crippen LogP contribution in [-0.4, -0.2) is 64.7 Å². The lowest BCUT2D eigenvalue weighted by Gasteiger charge is -2.25. The lowest BCUT2D eigenvalue weighted by Crippen LogP contribution is -2.58. The molecule has 0 aliphatic rings. The van der Waals surface area contributed by atoms with Crippen LogP contribution in [0.3, 0.4) is 0 Å². The molecule has 0 saturated heterocycles. The second-order valence-corrected chi connectivity index (χ2v) is 7.10. The summed E-state index contributed by atoms with van der Waals surface area (Å²) in [5.41, 5.74) is 5.80. The minimum Gasteiger partial charge on any atom is -0.480 e. The highest BCUT2D eigenvalue weighted by atomic mass is 16.4. The number of nitrogens with two attached hydrogens (primary N) is 1. The normalized spacial score (nSPS) is 17.4. The van der Waals surface area contributed by atoms with Gasteiger partial charge in [0.15, 0.2) is 0 Å². The van der Waals surface area contributed by atoms with Crippen LogP contribution < -0.4 is 21.7 Å². The smallest absolute Gasteiger partial charge is 0.326 e. The van der Waals surface area contributed by atoms with Gasteiger partial charge >= 0.3 is 5.97 Å². The van der Waals surface area contributed by atoms with Crippen molar-refractivity contribution in [1.29, 1.82) is 0 Å². The Balaban J connectivity index is 4.89. The van der Waals surface area contributed by atoms with E-state index in [1.807, 2.05) is 6.92 Å². The third-order valence-electron chi connectivity index (χ3n) is 4.90. The van der Waals surface area contributed by atoms with Crippen molar-refractivity contribution in [3.8, 4) is 0 Å². The molecule has 28 heavy (non-hydrogen) atoms. The Morgan fingerprint density at radius 2 is 1.39 bits per heavy atom. The maximum absolute atomic E-state index is 12.3. The number of hydrogen-bond donors (Lipinski definition) is 6. The second kappa shape index (κ2) is 12.3. The van der Waals surface area contributed by atoms with E-state index in [1.54, 1.807) is 20.8 Å². The largest absolute Gasteiger partial charge is 0.480 e. The molecule has 0 aliphatic carbocycles. The van der Waals surface area contributed by atoms with Gasteiger partial charge in [-0.3, -0.25) is 14.4 Å². The van der Waals surface area contributed by atoms with Gasteiger partial charge in [0, 0.05) is 0 Å².